The van der Waals surface area contributed by atoms with Crippen molar-refractivity contribution < 1.29 is 28.7 Å². The van der Waals surface area contributed by atoms with Crippen LogP contribution in [0.25, 0.3) is 0 Å². The summed E-state index contributed by atoms with van der Waals surface area (Å²) in [5, 5.41) is 15.3. The van der Waals surface area contributed by atoms with Gasteiger partial charge in [0.2, 0.25) is 6.79 Å². The van der Waals surface area contributed by atoms with E-state index in [1.54, 1.807) is 6.92 Å². The minimum Gasteiger partial charge on any atom is -0.466 e. The number of ketones is 1. The number of allylic oxidation sites excluding steroid dienone is 3. The molecular formula is C25H22N2O7. The van der Waals surface area contributed by atoms with Gasteiger partial charge in [-0.3, -0.25) is 14.9 Å². The van der Waals surface area contributed by atoms with E-state index >= 15 is 0 Å². The molecule has 0 aromatic heterocycles. The standard InChI is InChI=1S/C25H22N2O7/c1-13-22(25(29)32-2)23(16-10-20-21(34-12-33-20)11-18(16)27(30)31)24-17(26-13)8-15(9-19(24)28)14-6-4-3-5-7-14/h3-7,10-11,15,23,26H,8-9,12H2,1-2H3/t15-,23+/m1/s1. The zero-order chi connectivity index (χ0) is 24.0. The molecule has 2 aromatic carbocycles. The van der Waals surface area contributed by atoms with Crippen LogP contribution < -0.4 is 14.8 Å². The highest BCUT2D eigenvalue weighted by Crippen LogP contribution is 2.50. The fourth-order valence-electron chi connectivity index (χ4n) is 5.03. The highest BCUT2D eigenvalue weighted by molar-refractivity contribution is 6.04. The SMILES string of the molecule is COC(=O)C1=C(C)NC2=C(C(=O)C[C@H](c3ccccc3)C2)[C@H]1c1cc2c(cc1[N+](=O)[O-])OCO2. The van der Waals surface area contributed by atoms with Gasteiger partial charge in [-0.25, -0.2) is 4.79 Å². The predicted molar refractivity (Wildman–Crippen MR) is 120 cm³/mol. The van der Waals surface area contributed by atoms with E-state index in [4.69, 9.17) is 14.2 Å². The molecule has 2 aliphatic heterocycles. The van der Waals surface area contributed by atoms with Crippen molar-refractivity contribution in [2.45, 2.75) is 31.6 Å². The Balaban J connectivity index is 1.69. The van der Waals surface area contributed by atoms with E-state index in [0.29, 0.717) is 29.1 Å². The fourth-order valence-corrected chi connectivity index (χ4v) is 5.03. The molecule has 0 bridgehead atoms. The van der Waals surface area contributed by atoms with Crippen LogP contribution in [-0.2, 0) is 14.3 Å². The summed E-state index contributed by atoms with van der Waals surface area (Å²) in [6, 6.07) is 12.5. The van der Waals surface area contributed by atoms with Gasteiger partial charge in [0.25, 0.3) is 5.69 Å². The Morgan fingerprint density at radius 3 is 2.53 bits per heavy atom. The van der Waals surface area contributed by atoms with Gasteiger partial charge in [-0.2, -0.15) is 0 Å². The van der Waals surface area contributed by atoms with Crippen LogP contribution in [0.2, 0.25) is 0 Å². The van der Waals surface area contributed by atoms with Gasteiger partial charge in [-0.15, -0.1) is 0 Å². The number of esters is 1. The van der Waals surface area contributed by atoms with Gasteiger partial charge >= 0.3 is 5.97 Å². The van der Waals surface area contributed by atoms with Gasteiger partial charge in [0.15, 0.2) is 17.3 Å². The minimum atomic E-state index is -0.970. The number of carbonyl (C=O) groups excluding carboxylic acids is 2. The summed E-state index contributed by atoms with van der Waals surface area (Å²) in [6.45, 7) is 1.64. The van der Waals surface area contributed by atoms with Crippen LogP contribution in [0.5, 0.6) is 11.5 Å². The van der Waals surface area contributed by atoms with E-state index in [2.05, 4.69) is 5.32 Å². The Bertz CT molecular complexity index is 1280. The van der Waals surface area contributed by atoms with E-state index < -0.39 is 16.8 Å². The summed E-state index contributed by atoms with van der Waals surface area (Å²) in [5.41, 5.74) is 2.63. The third kappa shape index (κ3) is 3.49. The maximum atomic E-state index is 13.6. The number of fused-ring (bicyclic) bond motifs is 1. The first-order valence-electron chi connectivity index (χ1n) is 10.8. The molecule has 9 heteroatoms. The van der Waals surface area contributed by atoms with Crippen molar-refractivity contribution >= 4 is 17.4 Å². The quantitative estimate of drug-likeness (QED) is 0.414. The number of nitro groups is 1. The van der Waals surface area contributed by atoms with E-state index in [1.807, 2.05) is 30.3 Å². The number of Topliss-reactive ketones (excluding diaryl/α,β-unsaturated/α-hetero) is 1. The lowest BCUT2D eigenvalue weighted by Gasteiger charge is -2.36. The second-order valence-corrected chi connectivity index (χ2v) is 8.44. The Hall–Kier alpha value is -4.14. The number of carbonyl (C=O) groups is 2. The molecule has 3 aliphatic rings. The second kappa shape index (κ2) is 8.33. The molecule has 0 radical (unpaired) electrons. The van der Waals surface area contributed by atoms with E-state index in [-0.39, 0.29) is 47.5 Å². The highest BCUT2D eigenvalue weighted by atomic mass is 16.7. The number of nitrogens with zero attached hydrogens (tertiary/aromatic N) is 1. The first-order chi connectivity index (χ1) is 16.4. The number of hydrogen-bond donors (Lipinski definition) is 1. The monoisotopic (exact) mass is 462 g/mol. The summed E-state index contributed by atoms with van der Waals surface area (Å²) < 4.78 is 15.8. The molecule has 0 amide bonds. The van der Waals surface area contributed by atoms with Crippen molar-refractivity contribution in [2.75, 3.05) is 13.9 Å². The largest absolute Gasteiger partial charge is 0.466 e. The zero-order valence-electron chi connectivity index (χ0n) is 18.6. The van der Waals surface area contributed by atoms with Crippen LogP contribution in [0, 0.1) is 10.1 Å². The Labute approximate surface area is 195 Å². The molecular weight excluding hydrogens is 440 g/mol. The first kappa shape index (κ1) is 21.7. The third-order valence-corrected chi connectivity index (χ3v) is 6.53. The number of methoxy groups -OCH3 is 1. The number of benzene rings is 2. The second-order valence-electron chi connectivity index (χ2n) is 8.44. The molecule has 0 fully saturated rings. The van der Waals surface area contributed by atoms with Crippen molar-refractivity contribution in [3.8, 4) is 11.5 Å². The van der Waals surface area contributed by atoms with Gasteiger partial charge in [0.05, 0.1) is 29.6 Å². The van der Waals surface area contributed by atoms with Crippen LogP contribution in [-0.4, -0.2) is 30.6 Å². The van der Waals surface area contributed by atoms with Crippen molar-refractivity contribution in [1.29, 1.82) is 0 Å². The van der Waals surface area contributed by atoms with Gasteiger partial charge in [-0.05, 0) is 30.9 Å². The van der Waals surface area contributed by atoms with E-state index in [9.17, 15) is 19.7 Å². The normalized spacial score (nSPS) is 21.2. The van der Waals surface area contributed by atoms with Gasteiger partial charge < -0.3 is 19.5 Å². The van der Waals surface area contributed by atoms with Crippen molar-refractivity contribution in [3.63, 3.8) is 0 Å². The van der Waals surface area contributed by atoms with E-state index in [1.165, 1.54) is 19.2 Å². The molecule has 0 unspecified atom stereocenters. The Kier molecular flexibility index (Phi) is 5.31. The van der Waals surface area contributed by atoms with Gasteiger partial charge in [0, 0.05) is 29.0 Å². The maximum absolute atomic E-state index is 13.6. The average molecular weight is 462 g/mol. The summed E-state index contributed by atoms with van der Waals surface area (Å²) in [4.78, 5) is 37.9. The number of dihydropyridines is 1. The number of nitro benzene ring substituents is 1. The summed E-state index contributed by atoms with van der Waals surface area (Å²) in [6.07, 6.45) is 0.763. The van der Waals surface area contributed by atoms with Crippen molar-refractivity contribution in [2.24, 2.45) is 0 Å². The lowest BCUT2D eigenvalue weighted by molar-refractivity contribution is -0.385. The molecule has 2 aromatic rings. The smallest absolute Gasteiger partial charge is 0.336 e. The summed E-state index contributed by atoms with van der Waals surface area (Å²) >= 11 is 0. The molecule has 34 heavy (non-hydrogen) atoms. The highest BCUT2D eigenvalue weighted by Gasteiger charge is 2.44. The number of hydrogen-bond acceptors (Lipinski definition) is 8. The molecule has 9 nitrogen and oxygen atoms in total. The molecule has 1 aliphatic carbocycles. The molecule has 2 atom stereocenters. The topological polar surface area (TPSA) is 117 Å². The summed E-state index contributed by atoms with van der Waals surface area (Å²) in [7, 11) is 1.24. The maximum Gasteiger partial charge on any atom is 0.336 e. The molecule has 0 saturated carbocycles. The average Bonchev–Trinajstić information content (AvgIpc) is 3.30. The first-order valence-corrected chi connectivity index (χ1v) is 10.8. The number of rotatable bonds is 4. The number of nitrogens with one attached hydrogen (secondary N) is 1. The lowest BCUT2D eigenvalue weighted by atomic mass is 9.71. The minimum absolute atomic E-state index is 0.0418. The fraction of sp³-hybridized carbons (Fsp3) is 0.280. The van der Waals surface area contributed by atoms with E-state index in [0.717, 1.165) is 5.56 Å². The predicted octanol–water partition coefficient (Wildman–Crippen LogP) is 3.86. The molecule has 5 rings (SSSR count). The van der Waals surface area contributed by atoms with Crippen LogP contribution in [0.4, 0.5) is 5.69 Å². The van der Waals surface area contributed by atoms with Crippen LogP contribution in [0.15, 0.2) is 65.0 Å². The van der Waals surface area contributed by atoms with Crippen LogP contribution >= 0.6 is 0 Å². The molecule has 0 saturated heterocycles. The van der Waals surface area contributed by atoms with Gasteiger partial charge in [-0.1, -0.05) is 30.3 Å². The molecule has 0 spiro atoms. The molecule has 1 N–H and O–H groups in total. The third-order valence-electron chi connectivity index (χ3n) is 6.53. The lowest BCUT2D eigenvalue weighted by Crippen LogP contribution is -2.36. The van der Waals surface area contributed by atoms with Gasteiger partial charge in [0.1, 0.15) is 0 Å². The molecule has 2 heterocycles. The van der Waals surface area contributed by atoms with Crippen LogP contribution in [0.3, 0.4) is 0 Å². The number of ether oxygens (including phenoxy) is 3. The zero-order valence-corrected chi connectivity index (χ0v) is 18.6. The Morgan fingerprint density at radius 1 is 1.15 bits per heavy atom. The van der Waals surface area contributed by atoms with Crippen molar-refractivity contribution in [1.82, 2.24) is 5.32 Å². The Morgan fingerprint density at radius 2 is 1.85 bits per heavy atom. The summed E-state index contributed by atoms with van der Waals surface area (Å²) in [5.74, 6) is -1.27. The molecule has 174 valence electrons. The van der Waals surface area contributed by atoms with Crippen molar-refractivity contribution in [3.05, 3.63) is 86.2 Å². The van der Waals surface area contributed by atoms with Crippen LogP contribution in [0.1, 0.15) is 42.7 Å².